The minimum Gasteiger partial charge on any atom is -0.454 e. The molecule has 2 aromatic heterocycles. The van der Waals surface area contributed by atoms with Crippen molar-refractivity contribution in [2.75, 3.05) is 13.3 Å². The Hall–Kier alpha value is -2.80. The Kier molecular flexibility index (Phi) is 3.67. The van der Waals surface area contributed by atoms with Crippen LogP contribution >= 0.6 is 11.3 Å². The SMILES string of the molecule is O=C(c1cc(-c2ccc3c(c2)OCO3)on1)N1CCCC1c1cccs1. The summed E-state index contributed by atoms with van der Waals surface area (Å²) in [6.45, 7) is 0.964. The van der Waals surface area contributed by atoms with Gasteiger partial charge < -0.3 is 18.9 Å². The zero-order valence-corrected chi connectivity index (χ0v) is 14.7. The maximum Gasteiger partial charge on any atom is 0.276 e. The summed E-state index contributed by atoms with van der Waals surface area (Å²) in [5, 5.41) is 6.06. The molecule has 26 heavy (non-hydrogen) atoms. The molecular weight excluding hydrogens is 352 g/mol. The van der Waals surface area contributed by atoms with Crippen molar-refractivity contribution in [3.05, 3.63) is 52.3 Å². The summed E-state index contributed by atoms with van der Waals surface area (Å²) in [7, 11) is 0. The summed E-state index contributed by atoms with van der Waals surface area (Å²) in [6, 6.07) is 11.5. The van der Waals surface area contributed by atoms with Crippen LogP contribution < -0.4 is 9.47 Å². The lowest BCUT2D eigenvalue weighted by Crippen LogP contribution is -2.30. The molecule has 5 rings (SSSR count). The van der Waals surface area contributed by atoms with Gasteiger partial charge in [-0.2, -0.15) is 0 Å². The van der Waals surface area contributed by atoms with Gasteiger partial charge >= 0.3 is 0 Å². The van der Waals surface area contributed by atoms with E-state index in [0.29, 0.717) is 23.0 Å². The number of rotatable bonds is 3. The number of fused-ring (bicyclic) bond motifs is 1. The Balaban J connectivity index is 1.40. The van der Waals surface area contributed by atoms with E-state index in [4.69, 9.17) is 14.0 Å². The number of benzene rings is 1. The highest BCUT2D eigenvalue weighted by atomic mass is 32.1. The van der Waals surface area contributed by atoms with E-state index in [1.165, 1.54) is 4.88 Å². The van der Waals surface area contributed by atoms with Gasteiger partial charge in [-0.25, -0.2) is 0 Å². The van der Waals surface area contributed by atoms with Gasteiger partial charge in [-0.1, -0.05) is 11.2 Å². The molecule has 1 amide bonds. The summed E-state index contributed by atoms with van der Waals surface area (Å²) in [6.07, 6.45) is 1.99. The van der Waals surface area contributed by atoms with Crippen LogP contribution in [-0.4, -0.2) is 29.3 Å². The van der Waals surface area contributed by atoms with Crippen LogP contribution in [0, 0.1) is 0 Å². The van der Waals surface area contributed by atoms with Crippen molar-refractivity contribution in [1.82, 2.24) is 10.1 Å². The molecule has 7 heteroatoms. The fourth-order valence-electron chi connectivity index (χ4n) is 3.50. The summed E-state index contributed by atoms with van der Waals surface area (Å²) in [4.78, 5) is 16.1. The highest BCUT2D eigenvalue weighted by Crippen LogP contribution is 2.37. The van der Waals surface area contributed by atoms with Gasteiger partial charge in [-0.15, -0.1) is 11.3 Å². The molecule has 0 spiro atoms. The van der Waals surface area contributed by atoms with E-state index in [0.717, 1.165) is 24.9 Å². The average Bonchev–Trinajstić information content (AvgIpc) is 3.47. The third-order valence-electron chi connectivity index (χ3n) is 4.77. The van der Waals surface area contributed by atoms with Crippen molar-refractivity contribution < 1.29 is 18.8 Å². The second-order valence-corrected chi connectivity index (χ2v) is 7.30. The Labute approximate surface area is 153 Å². The monoisotopic (exact) mass is 368 g/mol. The fraction of sp³-hybridized carbons (Fsp3) is 0.263. The molecule has 0 radical (unpaired) electrons. The number of hydrogen-bond donors (Lipinski definition) is 0. The van der Waals surface area contributed by atoms with Gasteiger partial charge in [0, 0.05) is 23.1 Å². The third kappa shape index (κ3) is 2.55. The molecule has 0 N–H and O–H groups in total. The molecule has 1 atom stereocenters. The fourth-order valence-corrected chi connectivity index (χ4v) is 4.37. The number of amides is 1. The first kappa shape index (κ1) is 15.5. The van der Waals surface area contributed by atoms with Crippen LogP contribution in [0.25, 0.3) is 11.3 Å². The summed E-state index contributed by atoms with van der Waals surface area (Å²) < 4.78 is 16.1. The molecule has 132 valence electrons. The van der Waals surface area contributed by atoms with Gasteiger partial charge in [0.25, 0.3) is 5.91 Å². The van der Waals surface area contributed by atoms with Crippen molar-refractivity contribution >= 4 is 17.2 Å². The molecular formula is C19H16N2O4S. The van der Waals surface area contributed by atoms with Gasteiger partial charge in [0.1, 0.15) is 0 Å². The number of nitrogens with zero attached hydrogens (tertiary/aromatic N) is 2. The van der Waals surface area contributed by atoms with Gasteiger partial charge in [-0.3, -0.25) is 4.79 Å². The average molecular weight is 368 g/mol. The lowest BCUT2D eigenvalue weighted by atomic mass is 10.1. The van der Waals surface area contributed by atoms with Crippen molar-refractivity contribution in [2.45, 2.75) is 18.9 Å². The van der Waals surface area contributed by atoms with E-state index < -0.39 is 0 Å². The van der Waals surface area contributed by atoms with E-state index >= 15 is 0 Å². The first-order valence-electron chi connectivity index (χ1n) is 8.51. The van der Waals surface area contributed by atoms with Crippen LogP contribution in [0.5, 0.6) is 11.5 Å². The molecule has 0 bridgehead atoms. The third-order valence-corrected chi connectivity index (χ3v) is 5.75. The second kappa shape index (κ2) is 6.17. The topological polar surface area (TPSA) is 64.8 Å². The van der Waals surface area contributed by atoms with Gasteiger partial charge in [0.2, 0.25) is 6.79 Å². The molecule has 2 aliphatic heterocycles. The molecule has 2 aliphatic rings. The zero-order chi connectivity index (χ0) is 17.5. The van der Waals surface area contributed by atoms with Crippen molar-refractivity contribution in [3.63, 3.8) is 0 Å². The molecule has 0 saturated carbocycles. The van der Waals surface area contributed by atoms with E-state index in [1.807, 2.05) is 34.5 Å². The van der Waals surface area contributed by atoms with Gasteiger partial charge in [-0.05, 0) is 42.5 Å². The van der Waals surface area contributed by atoms with E-state index in [2.05, 4.69) is 11.2 Å². The molecule has 1 aromatic carbocycles. The molecule has 1 saturated heterocycles. The van der Waals surface area contributed by atoms with Crippen LogP contribution in [0.4, 0.5) is 0 Å². The number of carbonyl (C=O) groups excluding carboxylic acids is 1. The van der Waals surface area contributed by atoms with Crippen molar-refractivity contribution in [1.29, 1.82) is 0 Å². The normalized spacial score (nSPS) is 18.5. The molecule has 1 fully saturated rings. The van der Waals surface area contributed by atoms with Crippen LogP contribution in [-0.2, 0) is 0 Å². The first-order chi connectivity index (χ1) is 12.8. The number of carbonyl (C=O) groups is 1. The number of aromatic nitrogens is 1. The van der Waals surface area contributed by atoms with E-state index in [-0.39, 0.29) is 18.7 Å². The second-order valence-electron chi connectivity index (χ2n) is 6.32. The first-order valence-corrected chi connectivity index (χ1v) is 9.39. The maximum atomic E-state index is 12.9. The lowest BCUT2D eigenvalue weighted by Gasteiger charge is -2.22. The highest BCUT2D eigenvalue weighted by molar-refractivity contribution is 7.10. The number of ether oxygens (including phenoxy) is 2. The number of likely N-dealkylation sites (tertiary alicyclic amines) is 1. The highest BCUT2D eigenvalue weighted by Gasteiger charge is 2.32. The smallest absolute Gasteiger partial charge is 0.276 e. The number of thiophene rings is 1. The Morgan fingerprint density at radius 1 is 1.19 bits per heavy atom. The van der Waals surface area contributed by atoms with Crippen LogP contribution in [0.2, 0.25) is 0 Å². The summed E-state index contributed by atoms with van der Waals surface area (Å²) in [5.41, 5.74) is 1.14. The predicted octanol–water partition coefficient (Wildman–Crippen LogP) is 4.11. The quantitative estimate of drug-likeness (QED) is 0.696. The van der Waals surface area contributed by atoms with Gasteiger partial charge in [0.05, 0.1) is 6.04 Å². The Morgan fingerprint density at radius 2 is 2.12 bits per heavy atom. The van der Waals surface area contributed by atoms with Crippen LogP contribution in [0.1, 0.15) is 34.2 Å². The van der Waals surface area contributed by atoms with Crippen LogP contribution in [0.3, 0.4) is 0 Å². The maximum absolute atomic E-state index is 12.9. The predicted molar refractivity (Wildman–Crippen MR) is 95.4 cm³/mol. The number of hydrogen-bond acceptors (Lipinski definition) is 6. The minimum atomic E-state index is -0.0864. The standard InChI is InChI=1S/C19H16N2O4S/c22-19(21-7-1-3-14(21)18-4-2-8-26-18)13-10-16(25-20-13)12-5-6-15-17(9-12)24-11-23-15/h2,4-6,8-10,14H,1,3,7,11H2. The molecule has 3 aromatic rings. The summed E-state index contributed by atoms with van der Waals surface area (Å²) in [5.74, 6) is 1.83. The van der Waals surface area contributed by atoms with Crippen molar-refractivity contribution in [2.24, 2.45) is 0 Å². The molecule has 4 heterocycles. The van der Waals surface area contributed by atoms with Gasteiger partial charge in [0.15, 0.2) is 23.0 Å². The summed E-state index contributed by atoms with van der Waals surface area (Å²) >= 11 is 1.69. The molecule has 0 aliphatic carbocycles. The van der Waals surface area contributed by atoms with Crippen LogP contribution in [0.15, 0.2) is 46.3 Å². The van der Waals surface area contributed by atoms with E-state index in [1.54, 1.807) is 17.4 Å². The zero-order valence-electron chi connectivity index (χ0n) is 13.9. The van der Waals surface area contributed by atoms with E-state index in [9.17, 15) is 4.79 Å². The lowest BCUT2D eigenvalue weighted by molar-refractivity contribution is 0.0727. The molecule has 6 nitrogen and oxygen atoms in total. The Morgan fingerprint density at radius 3 is 3.00 bits per heavy atom. The molecule has 1 unspecified atom stereocenters. The Bertz CT molecular complexity index is 950. The van der Waals surface area contributed by atoms with Crippen molar-refractivity contribution in [3.8, 4) is 22.8 Å². The minimum absolute atomic E-state index is 0.0864. The largest absolute Gasteiger partial charge is 0.454 e.